The monoisotopic (exact) mass is 293 g/mol. The van der Waals surface area contributed by atoms with E-state index in [1.165, 1.54) is 0 Å². The molecule has 0 saturated heterocycles. The van der Waals surface area contributed by atoms with Crippen molar-refractivity contribution in [3.8, 4) is 0 Å². The van der Waals surface area contributed by atoms with Gasteiger partial charge in [0.1, 0.15) is 0 Å². The van der Waals surface area contributed by atoms with Crippen LogP contribution in [0.2, 0.25) is 0 Å². The average Bonchev–Trinajstić information content (AvgIpc) is 2.25. The van der Waals surface area contributed by atoms with Crippen molar-refractivity contribution in [2.75, 3.05) is 0 Å². The molecule has 0 bridgehead atoms. The number of aryl methyl sites for hydroxylation is 1. The van der Waals surface area contributed by atoms with Gasteiger partial charge < -0.3 is 5.73 Å². The Morgan fingerprint density at radius 3 is 2.29 bits per heavy atom. The Labute approximate surface area is 114 Å². The molecule has 0 aliphatic heterocycles. The summed E-state index contributed by atoms with van der Waals surface area (Å²) in [6, 6.07) is 6.92. The molecular weight excluding hydrogens is 284 g/mol. The first-order chi connectivity index (χ1) is 7.80. The first-order valence-corrected chi connectivity index (χ1v) is 5.71. The van der Waals surface area contributed by atoms with E-state index in [9.17, 15) is 4.79 Å². The molecule has 7 heteroatoms. The summed E-state index contributed by atoms with van der Waals surface area (Å²) in [5, 5.41) is 3.49. The van der Waals surface area contributed by atoms with Crippen LogP contribution in [0.4, 0.5) is 0 Å². The number of amides is 1. The highest BCUT2D eigenvalue weighted by Crippen LogP contribution is 2.25. The van der Waals surface area contributed by atoms with Gasteiger partial charge in [0.15, 0.2) is 5.84 Å². The Bertz CT molecular complexity index is 437. The number of nitrogens with two attached hydrogens (primary N) is 1. The van der Waals surface area contributed by atoms with Crippen molar-refractivity contribution in [1.29, 1.82) is 0 Å². The third-order valence-corrected chi connectivity index (χ3v) is 2.46. The van der Waals surface area contributed by atoms with Crippen LogP contribution in [-0.2, 0) is 0 Å². The van der Waals surface area contributed by atoms with Gasteiger partial charge in [-0.15, -0.1) is 0 Å². The van der Waals surface area contributed by atoms with E-state index in [-0.39, 0.29) is 5.84 Å². The van der Waals surface area contributed by atoms with Gasteiger partial charge in [-0.3, -0.25) is 4.79 Å². The maximum Gasteiger partial charge on any atom is 0.271 e. The van der Waals surface area contributed by atoms with Gasteiger partial charge in [-0.05, 0) is 19.1 Å². The topological polar surface area (TPSA) is 67.5 Å². The van der Waals surface area contributed by atoms with E-state index in [1.807, 2.05) is 6.92 Å². The quantitative estimate of drug-likeness (QED) is 0.380. The number of alkyl halides is 3. The molecule has 4 nitrogen and oxygen atoms in total. The summed E-state index contributed by atoms with van der Waals surface area (Å²) in [4.78, 5) is 11.6. The predicted octanol–water partition coefficient (Wildman–Crippen LogP) is 2.37. The number of halogens is 3. The largest absolute Gasteiger partial charge is 0.382 e. The van der Waals surface area contributed by atoms with Crippen LogP contribution < -0.4 is 11.2 Å². The smallest absolute Gasteiger partial charge is 0.271 e. The summed E-state index contributed by atoms with van der Waals surface area (Å²) in [5.74, 6) is -0.731. The van der Waals surface area contributed by atoms with Crippen LogP contribution in [0.5, 0.6) is 0 Å². The van der Waals surface area contributed by atoms with Crippen molar-refractivity contribution >= 4 is 46.5 Å². The normalized spacial score (nSPS) is 12.4. The van der Waals surface area contributed by atoms with Gasteiger partial charge in [0.25, 0.3) is 5.91 Å². The average molecular weight is 295 g/mol. The molecule has 0 aliphatic carbocycles. The lowest BCUT2D eigenvalue weighted by atomic mass is 10.1. The molecule has 1 aromatic carbocycles. The maximum atomic E-state index is 11.6. The van der Waals surface area contributed by atoms with Crippen LogP contribution in [0.1, 0.15) is 15.9 Å². The van der Waals surface area contributed by atoms with Gasteiger partial charge in [-0.1, -0.05) is 52.5 Å². The number of hydrogen-bond donors (Lipinski definition) is 2. The molecule has 0 fully saturated rings. The van der Waals surface area contributed by atoms with Crippen molar-refractivity contribution in [1.82, 2.24) is 5.43 Å². The van der Waals surface area contributed by atoms with Gasteiger partial charge in [0.2, 0.25) is 3.79 Å². The van der Waals surface area contributed by atoms with E-state index in [0.29, 0.717) is 5.56 Å². The van der Waals surface area contributed by atoms with Gasteiger partial charge in [-0.25, -0.2) is 5.43 Å². The van der Waals surface area contributed by atoms with Crippen molar-refractivity contribution in [2.45, 2.75) is 10.7 Å². The molecule has 17 heavy (non-hydrogen) atoms. The summed E-state index contributed by atoms with van der Waals surface area (Å²) < 4.78 is -1.83. The number of rotatable bonds is 2. The molecule has 1 rings (SSSR count). The maximum absolute atomic E-state index is 11.6. The number of amidine groups is 1. The summed E-state index contributed by atoms with van der Waals surface area (Å²) in [6.07, 6.45) is 0. The molecule has 0 radical (unpaired) electrons. The number of nitrogens with zero attached hydrogens (tertiary/aromatic N) is 1. The van der Waals surface area contributed by atoms with E-state index in [2.05, 4.69) is 10.5 Å². The molecule has 1 aromatic rings. The number of benzene rings is 1. The van der Waals surface area contributed by atoms with Crippen molar-refractivity contribution < 1.29 is 4.79 Å². The Balaban J connectivity index is 2.71. The highest BCUT2D eigenvalue weighted by Gasteiger charge is 2.25. The van der Waals surface area contributed by atoms with Gasteiger partial charge in [0.05, 0.1) is 0 Å². The second kappa shape index (κ2) is 5.58. The van der Waals surface area contributed by atoms with E-state index in [4.69, 9.17) is 40.5 Å². The Kier molecular flexibility index (Phi) is 4.62. The molecule has 3 N–H and O–H groups in total. The highest BCUT2D eigenvalue weighted by molar-refractivity contribution is 6.76. The van der Waals surface area contributed by atoms with E-state index in [1.54, 1.807) is 24.3 Å². The summed E-state index contributed by atoms with van der Waals surface area (Å²) in [6.45, 7) is 1.92. The molecule has 0 aliphatic rings. The summed E-state index contributed by atoms with van der Waals surface area (Å²) >= 11 is 16.4. The number of carbonyl (C=O) groups excluding carboxylic acids is 1. The summed E-state index contributed by atoms with van der Waals surface area (Å²) in [7, 11) is 0. The molecule has 0 atom stereocenters. The second-order valence-electron chi connectivity index (χ2n) is 3.30. The fourth-order valence-electron chi connectivity index (χ4n) is 0.944. The SMILES string of the molecule is Cc1ccc(C(=O)NN=C(N)C(Cl)(Cl)Cl)cc1. The summed E-state index contributed by atoms with van der Waals surface area (Å²) in [5.41, 5.74) is 9.02. The molecule has 0 unspecified atom stereocenters. The van der Waals surface area contributed by atoms with Crippen molar-refractivity contribution in [2.24, 2.45) is 10.8 Å². The van der Waals surface area contributed by atoms with Gasteiger partial charge in [0, 0.05) is 5.56 Å². The zero-order valence-corrected chi connectivity index (χ0v) is 11.1. The number of carbonyl (C=O) groups is 1. The Morgan fingerprint density at radius 1 is 1.29 bits per heavy atom. The van der Waals surface area contributed by atoms with Crippen LogP contribution in [0.3, 0.4) is 0 Å². The Morgan fingerprint density at radius 2 is 1.82 bits per heavy atom. The third kappa shape index (κ3) is 4.42. The predicted molar refractivity (Wildman–Crippen MR) is 70.6 cm³/mol. The number of nitrogens with one attached hydrogen (secondary N) is 1. The molecule has 0 aromatic heterocycles. The lowest BCUT2D eigenvalue weighted by molar-refractivity contribution is 0.0954. The first kappa shape index (κ1) is 14.1. The third-order valence-electron chi connectivity index (χ3n) is 1.88. The fraction of sp³-hybridized carbons (Fsp3) is 0.200. The van der Waals surface area contributed by atoms with Crippen molar-refractivity contribution in [3.63, 3.8) is 0 Å². The molecule has 92 valence electrons. The molecule has 1 amide bonds. The minimum atomic E-state index is -1.83. The first-order valence-electron chi connectivity index (χ1n) is 4.58. The van der Waals surface area contributed by atoms with Crippen LogP contribution in [0, 0.1) is 6.92 Å². The number of hydrogen-bond acceptors (Lipinski definition) is 2. The lowest BCUT2D eigenvalue weighted by Gasteiger charge is -2.09. The zero-order chi connectivity index (χ0) is 13.1. The van der Waals surface area contributed by atoms with Gasteiger partial charge >= 0.3 is 0 Å². The van der Waals surface area contributed by atoms with Crippen LogP contribution in [0.25, 0.3) is 0 Å². The van der Waals surface area contributed by atoms with E-state index < -0.39 is 9.70 Å². The standard InChI is InChI=1S/C10H10Cl3N3O/c1-6-2-4-7(5-3-6)8(17)15-16-9(14)10(11,12)13/h2-5H,1H3,(H2,14,16)(H,15,17). The van der Waals surface area contributed by atoms with Crippen molar-refractivity contribution in [3.05, 3.63) is 35.4 Å². The Hall–Kier alpha value is -0.970. The van der Waals surface area contributed by atoms with Crippen LogP contribution in [0.15, 0.2) is 29.4 Å². The van der Waals surface area contributed by atoms with Crippen LogP contribution >= 0.6 is 34.8 Å². The minimum Gasteiger partial charge on any atom is -0.382 e. The minimum absolute atomic E-state index is 0.303. The molecule has 0 heterocycles. The van der Waals surface area contributed by atoms with Gasteiger partial charge in [-0.2, -0.15) is 5.10 Å². The lowest BCUT2D eigenvalue weighted by Crippen LogP contribution is -2.32. The van der Waals surface area contributed by atoms with E-state index >= 15 is 0 Å². The number of hydrazone groups is 1. The molecule has 0 saturated carbocycles. The fourth-order valence-corrected chi connectivity index (χ4v) is 1.07. The zero-order valence-electron chi connectivity index (χ0n) is 8.88. The van der Waals surface area contributed by atoms with E-state index in [0.717, 1.165) is 5.56 Å². The highest BCUT2D eigenvalue weighted by atomic mass is 35.6. The molecule has 0 spiro atoms. The molecular formula is C10H10Cl3N3O. The van der Waals surface area contributed by atoms with Crippen LogP contribution in [-0.4, -0.2) is 15.5 Å². The second-order valence-corrected chi connectivity index (χ2v) is 5.58.